The zero-order valence-electron chi connectivity index (χ0n) is 13.6. The van der Waals surface area contributed by atoms with Gasteiger partial charge in [0, 0.05) is 25.1 Å². The lowest BCUT2D eigenvalue weighted by atomic mass is 9.77. The maximum absolute atomic E-state index is 12.2. The predicted octanol–water partition coefficient (Wildman–Crippen LogP) is 1.26. The molecule has 0 unspecified atom stereocenters. The van der Waals surface area contributed by atoms with Gasteiger partial charge in [0.1, 0.15) is 0 Å². The molecule has 0 bridgehead atoms. The molecule has 0 aliphatic heterocycles. The Kier molecular flexibility index (Phi) is 5.96. The van der Waals surface area contributed by atoms with Crippen LogP contribution < -0.4 is 10.5 Å². The van der Waals surface area contributed by atoms with Crippen LogP contribution in [0.1, 0.15) is 31.0 Å². The van der Waals surface area contributed by atoms with Crippen molar-refractivity contribution in [3.63, 3.8) is 0 Å². The van der Waals surface area contributed by atoms with Gasteiger partial charge in [0.25, 0.3) is 5.69 Å². The fourth-order valence-corrected chi connectivity index (χ4v) is 3.55. The molecule has 142 valence electrons. The Labute approximate surface area is 155 Å². The third-order valence-electron chi connectivity index (χ3n) is 4.13. The lowest BCUT2D eigenvalue weighted by Gasteiger charge is -2.34. The van der Waals surface area contributed by atoms with E-state index in [2.05, 4.69) is 14.9 Å². The summed E-state index contributed by atoms with van der Waals surface area (Å²) in [6.45, 7) is 0.0181. The van der Waals surface area contributed by atoms with Gasteiger partial charge in [-0.15, -0.1) is 12.4 Å². The van der Waals surface area contributed by atoms with Crippen molar-refractivity contribution >= 4 is 28.1 Å². The van der Waals surface area contributed by atoms with E-state index < -0.39 is 20.5 Å². The Hall–Kier alpha value is -2.08. The van der Waals surface area contributed by atoms with Gasteiger partial charge in [-0.25, -0.2) is 13.1 Å². The molecule has 2 aromatic rings. The zero-order valence-corrected chi connectivity index (χ0v) is 15.3. The van der Waals surface area contributed by atoms with Gasteiger partial charge in [0.2, 0.25) is 15.9 Å². The fraction of sp³-hybridized carbons (Fsp3) is 0.429. The molecule has 1 aromatic carbocycles. The summed E-state index contributed by atoms with van der Waals surface area (Å²) < 4.78 is 31.8. The monoisotopic (exact) mass is 403 g/mol. The van der Waals surface area contributed by atoms with Crippen LogP contribution in [0.3, 0.4) is 0 Å². The van der Waals surface area contributed by atoms with Gasteiger partial charge in [0.05, 0.1) is 15.4 Å². The second kappa shape index (κ2) is 7.66. The second-order valence-corrected chi connectivity index (χ2v) is 7.69. The average molecular weight is 404 g/mol. The third kappa shape index (κ3) is 4.18. The van der Waals surface area contributed by atoms with Crippen molar-refractivity contribution in [1.29, 1.82) is 0 Å². The van der Waals surface area contributed by atoms with E-state index in [1.807, 2.05) is 0 Å². The van der Waals surface area contributed by atoms with E-state index in [-0.39, 0.29) is 41.8 Å². The molecule has 1 heterocycles. The molecular formula is C14H18ClN5O5S. The number of non-ortho nitro benzene ring substituents is 1. The van der Waals surface area contributed by atoms with Crippen molar-refractivity contribution in [2.24, 2.45) is 5.73 Å². The molecule has 0 atom stereocenters. The Balaban J connectivity index is 0.00000243. The largest absolute Gasteiger partial charge is 0.339 e. The summed E-state index contributed by atoms with van der Waals surface area (Å²) in [5.74, 6) is 0.726. The van der Waals surface area contributed by atoms with E-state index in [1.165, 1.54) is 18.2 Å². The van der Waals surface area contributed by atoms with Crippen molar-refractivity contribution in [3.8, 4) is 0 Å². The van der Waals surface area contributed by atoms with Crippen molar-refractivity contribution in [1.82, 2.24) is 14.9 Å². The second-order valence-electron chi connectivity index (χ2n) is 5.92. The van der Waals surface area contributed by atoms with E-state index in [4.69, 9.17) is 10.3 Å². The van der Waals surface area contributed by atoms with Crippen LogP contribution in [-0.2, 0) is 22.0 Å². The van der Waals surface area contributed by atoms with Crippen LogP contribution in [0.5, 0.6) is 0 Å². The van der Waals surface area contributed by atoms with E-state index >= 15 is 0 Å². The number of sulfonamides is 1. The van der Waals surface area contributed by atoms with Crippen molar-refractivity contribution in [3.05, 3.63) is 46.1 Å². The maximum Gasteiger partial charge on any atom is 0.270 e. The normalized spacial score (nSPS) is 15.7. The molecule has 0 spiro atoms. The molecule has 10 nitrogen and oxygen atoms in total. The molecule has 1 aliphatic carbocycles. The Bertz CT molecular complexity index is 897. The predicted molar refractivity (Wildman–Crippen MR) is 93.3 cm³/mol. The molecule has 0 saturated heterocycles. The molecule has 12 heteroatoms. The molecule has 1 aliphatic rings. The fourth-order valence-electron chi connectivity index (χ4n) is 2.48. The summed E-state index contributed by atoms with van der Waals surface area (Å²) in [7, 11) is -3.87. The van der Waals surface area contributed by atoms with E-state index in [1.54, 1.807) is 0 Å². The topological polar surface area (TPSA) is 154 Å². The summed E-state index contributed by atoms with van der Waals surface area (Å²) in [4.78, 5) is 14.1. The molecule has 1 aromatic heterocycles. The lowest BCUT2D eigenvalue weighted by Crippen LogP contribution is -2.44. The quantitative estimate of drug-likeness (QED) is 0.517. The van der Waals surface area contributed by atoms with Gasteiger partial charge < -0.3 is 10.3 Å². The van der Waals surface area contributed by atoms with Crippen molar-refractivity contribution in [2.45, 2.75) is 36.1 Å². The van der Waals surface area contributed by atoms with Gasteiger partial charge in [-0.2, -0.15) is 4.98 Å². The van der Waals surface area contributed by atoms with Crippen LogP contribution in [0.4, 0.5) is 5.69 Å². The molecule has 0 radical (unpaired) electrons. The first-order valence-electron chi connectivity index (χ1n) is 7.66. The van der Waals surface area contributed by atoms with E-state index in [9.17, 15) is 18.5 Å². The molecule has 1 saturated carbocycles. The number of aromatic nitrogens is 2. The smallest absolute Gasteiger partial charge is 0.270 e. The first-order valence-corrected chi connectivity index (χ1v) is 9.15. The summed E-state index contributed by atoms with van der Waals surface area (Å²) in [6, 6.07) is 4.83. The highest BCUT2D eigenvalue weighted by Crippen LogP contribution is 2.36. The summed E-state index contributed by atoms with van der Waals surface area (Å²) >= 11 is 0. The molecule has 26 heavy (non-hydrogen) atoms. The molecule has 1 fully saturated rings. The van der Waals surface area contributed by atoms with Crippen molar-refractivity contribution in [2.75, 3.05) is 6.54 Å². The summed E-state index contributed by atoms with van der Waals surface area (Å²) in [5.41, 5.74) is 5.27. The molecule has 3 rings (SSSR count). The molecule has 0 amide bonds. The van der Waals surface area contributed by atoms with Gasteiger partial charge in [-0.3, -0.25) is 10.1 Å². The molecule has 3 N–H and O–H groups in total. The lowest BCUT2D eigenvalue weighted by molar-refractivity contribution is -0.385. The third-order valence-corrected chi connectivity index (χ3v) is 5.59. The molecular weight excluding hydrogens is 386 g/mol. The zero-order chi connectivity index (χ0) is 18.1. The SMILES string of the molecule is Cl.NC1(c2noc(CCNS(=O)(=O)c3cccc([N+](=O)[O-])c3)n2)CCC1. The highest BCUT2D eigenvalue weighted by atomic mass is 35.5. The number of nitro groups is 1. The summed E-state index contributed by atoms with van der Waals surface area (Å²) in [5, 5.41) is 14.6. The first-order chi connectivity index (χ1) is 11.8. The average Bonchev–Trinajstić information content (AvgIpc) is 3.01. The van der Waals surface area contributed by atoms with Crippen molar-refractivity contribution < 1.29 is 17.9 Å². The van der Waals surface area contributed by atoms with Crippen LogP contribution in [0.2, 0.25) is 0 Å². The first kappa shape index (κ1) is 20.2. The summed E-state index contributed by atoms with van der Waals surface area (Å²) in [6.07, 6.45) is 2.80. The number of benzene rings is 1. The van der Waals surface area contributed by atoms with Gasteiger partial charge in [-0.1, -0.05) is 11.2 Å². The highest BCUT2D eigenvalue weighted by molar-refractivity contribution is 7.89. The Morgan fingerprint density at radius 2 is 2.12 bits per heavy atom. The van der Waals surface area contributed by atoms with Crippen LogP contribution >= 0.6 is 12.4 Å². The number of nitro benzene ring substituents is 1. The van der Waals surface area contributed by atoms with Gasteiger partial charge in [0.15, 0.2) is 5.82 Å². The Morgan fingerprint density at radius 3 is 2.73 bits per heavy atom. The number of nitrogens with zero attached hydrogens (tertiary/aromatic N) is 3. The standard InChI is InChI=1S/C14H17N5O5S.ClH/c15-14(6-2-7-14)13-17-12(24-18-13)5-8-16-25(22,23)11-4-1-3-10(9-11)19(20)21;/h1,3-4,9,16H,2,5-8,15H2;1H. The number of halogens is 1. The van der Waals surface area contributed by atoms with E-state index in [0.29, 0.717) is 5.82 Å². The number of hydrogen-bond acceptors (Lipinski definition) is 8. The number of rotatable bonds is 7. The minimum atomic E-state index is -3.87. The maximum atomic E-state index is 12.2. The Morgan fingerprint density at radius 1 is 1.38 bits per heavy atom. The van der Waals surface area contributed by atoms with E-state index in [0.717, 1.165) is 25.3 Å². The number of nitrogens with two attached hydrogens (primary N) is 1. The minimum Gasteiger partial charge on any atom is -0.339 e. The van der Waals surface area contributed by atoms with Gasteiger partial charge in [-0.05, 0) is 25.3 Å². The minimum absolute atomic E-state index is 0. The van der Waals surface area contributed by atoms with Gasteiger partial charge >= 0.3 is 0 Å². The van der Waals surface area contributed by atoms with Crippen LogP contribution in [0.15, 0.2) is 33.7 Å². The number of hydrogen-bond donors (Lipinski definition) is 2. The van der Waals surface area contributed by atoms with Crippen LogP contribution in [-0.4, -0.2) is 30.0 Å². The van der Waals surface area contributed by atoms with Crippen LogP contribution in [0.25, 0.3) is 0 Å². The highest BCUT2D eigenvalue weighted by Gasteiger charge is 2.38. The van der Waals surface area contributed by atoms with Crippen LogP contribution in [0, 0.1) is 10.1 Å². The number of nitrogens with one attached hydrogen (secondary N) is 1.